The number of benzene rings is 1. The highest BCUT2D eigenvalue weighted by Crippen LogP contribution is 2.19. The van der Waals surface area contributed by atoms with Gasteiger partial charge < -0.3 is 20.7 Å². The number of ether oxygens (including phenoxy) is 1. The van der Waals surface area contributed by atoms with E-state index in [1.54, 1.807) is 4.90 Å². The first kappa shape index (κ1) is 14.9. The van der Waals surface area contributed by atoms with Gasteiger partial charge in [0.2, 0.25) is 0 Å². The summed E-state index contributed by atoms with van der Waals surface area (Å²) < 4.78 is 5.19. The van der Waals surface area contributed by atoms with Crippen LogP contribution in [0, 0.1) is 18.3 Å². The number of hydrogen-bond donors (Lipinski definition) is 2. The number of nitrogens with zero attached hydrogens (tertiary/aromatic N) is 2. The van der Waals surface area contributed by atoms with E-state index in [1.807, 2.05) is 31.2 Å². The summed E-state index contributed by atoms with van der Waals surface area (Å²) in [4.78, 5) is 13.8. The molecule has 2 rings (SSSR count). The maximum atomic E-state index is 12.2. The Labute approximate surface area is 123 Å². The van der Waals surface area contributed by atoms with E-state index in [0.717, 1.165) is 5.56 Å². The number of rotatable bonds is 3. The molecule has 21 heavy (non-hydrogen) atoms. The van der Waals surface area contributed by atoms with Gasteiger partial charge in [0.1, 0.15) is 11.6 Å². The lowest BCUT2D eigenvalue weighted by Crippen LogP contribution is -2.41. The highest BCUT2D eigenvalue weighted by atomic mass is 16.5. The number of nitrogen functional groups attached to an aromatic ring is 1. The van der Waals surface area contributed by atoms with Gasteiger partial charge in [-0.25, -0.2) is 0 Å². The van der Waals surface area contributed by atoms with E-state index in [9.17, 15) is 4.79 Å². The summed E-state index contributed by atoms with van der Waals surface area (Å²) >= 11 is 0. The van der Waals surface area contributed by atoms with Gasteiger partial charge in [0.15, 0.2) is 0 Å². The predicted octanol–water partition coefficient (Wildman–Crippen LogP) is 1.26. The number of aryl methyl sites for hydroxylation is 1. The van der Waals surface area contributed by atoms with Crippen molar-refractivity contribution in [2.45, 2.75) is 6.92 Å². The first-order valence-corrected chi connectivity index (χ1v) is 6.72. The third-order valence-electron chi connectivity index (χ3n) is 3.23. The molecule has 6 nitrogen and oxygen atoms in total. The number of carbonyl (C=O) groups excluding carboxylic acids is 1. The smallest absolute Gasteiger partial charge is 0.266 e. The van der Waals surface area contributed by atoms with Crippen LogP contribution in [-0.2, 0) is 9.53 Å². The van der Waals surface area contributed by atoms with Crippen LogP contribution < -0.4 is 11.1 Å². The number of carbonyl (C=O) groups is 1. The number of nitrogens with two attached hydrogens (primary N) is 1. The molecule has 3 N–H and O–H groups in total. The van der Waals surface area contributed by atoms with Crippen molar-refractivity contribution in [2.75, 3.05) is 37.4 Å². The van der Waals surface area contributed by atoms with Gasteiger partial charge in [-0.05, 0) is 24.6 Å². The molecule has 0 atom stereocenters. The molecular weight excluding hydrogens is 268 g/mol. The average molecular weight is 286 g/mol. The minimum atomic E-state index is -0.293. The normalized spacial score (nSPS) is 15.4. The van der Waals surface area contributed by atoms with Crippen molar-refractivity contribution in [2.24, 2.45) is 0 Å². The van der Waals surface area contributed by atoms with E-state index in [0.29, 0.717) is 37.7 Å². The minimum absolute atomic E-state index is 0.0527. The van der Waals surface area contributed by atoms with Gasteiger partial charge in [0.05, 0.1) is 24.6 Å². The molecule has 0 bridgehead atoms. The number of nitriles is 1. The second-order valence-corrected chi connectivity index (χ2v) is 4.81. The van der Waals surface area contributed by atoms with Crippen molar-refractivity contribution >= 4 is 17.3 Å². The van der Waals surface area contributed by atoms with E-state index < -0.39 is 0 Å². The summed E-state index contributed by atoms with van der Waals surface area (Å²) in [6, 6.07) is 7.47. The highest BCUT2D eigenvalue weighted by molar-refractivity contribution is 5.97. The fourth-order valence-electron chi connectivity index (χ4n) is 2.04. The van der Waals surface area contributed by atoms with Crippen LogP contribution >= 0.6 is 0 Å². The number of amides is 1. The molecule has 1 aromatic carbocycles. The van der Waals surface area contributed by atoms with Gasteiger partial charge in [-0.15, -0.1) is 0 Å². The lowest BCUT2D eigenvalue weighted by atomic mass is 10.2. The van der Waals surface area contributed by atoms with Gasteiger partial charge in [-0.3, -0.25) is 4.79 Å². The summed E-state index contributed by atoms with van der Waals surface area (Å²) in [6.45, 7) is 3.96. The molecule has 6 heteroatoms. The molecule has 1 saturated heterocycles. The van der Waals surface area contributed by atoms with Gasteiger partial charge in [0, 0.05) is 19.3 Å². The van der Waals surface area contributed by atoms with Crippen LogP contribution in [0.15, 0.2) is 30.0 Å². The standard InChI is InChI=1S/C15H18N4O2/c1-11-2-3-14(13(17)8-11)18-10-12(9-16)15(20)19-4-6-21-7-5-19/h2-3,8,10,18H,4-7,17H2,1H3/b12-10-. The van der Waals surface area contributed by atoms with Gasteiger partial charge in [0.25, 0.3) is 5.91 Å². The zero-order chi connectivity index (χ0) is 15.2. The SMILES string of the molecule is Cc1ccc(N/C=C(/C#N)C(=O)N2CCOCC2)c(N)c1. The Morgan fingerprint density at radius 2 is 2.19 bits per heavy atom. The van der Waals surface area contributed by atoms with Crippen LogP contribution in [0.5, 0.6) is 0 Å². The molecule has 110 valence electrons. The molecule has 0 aliphatic carbocycles. The van der Waals surface area contributed by atoms with Crippen LogP contribution in [0.1, 0.15) is 5.56 Å². The Kier molecular flexibility index (Phi) is 4.80. The second kappa shape index (κ2) is 6.77. The van der Waals surface area contributed by atoms with Crippen molar-refractivity contribution in [3.8, 4) is 6.07 Å². The third kappa shape index (κ3) is 3.74. The molecule has 1 aromatic rings. The first-order valence-electron chi connectivity index (χ1n) is 6.72. The van der Waals surface area contributed by atoms with E-state index >= 15 is 0 Å². The lowest BCUT2D eigenvalue weighted by Gasteiger charge is -2.26. The molecule has 1 aliphatic heterocycles. The summed E-state index contributed by atoms with van der Waals surface area (Å²) in [5.41, 5.74) is 8.22. The largest absolute Gasteiger partial charge is 0.397 e. The quantitative estimate of drug-likeness (QED) is 0.496. The number of nitrogens with one attached hydrogen (secondary N) is 1. The van der Waals surface area contributed by atoms with Crippen molar-refractivity contribution in [3.63, 3.8) is 0 Å². The zero-order valence-corrected chi connectivity index (χ0v) is 11.9. The van der Waals surface area contributed by atoms with Crippen LogP contribution in [-0.4, -0.2) is 37.1 Å². The fourth-order valence-corrected chi connectivity index (χ4v) is 2.04. The number of morpholine rings is 1. The average Bonchev–Trinajstić information content (AvgIpc) is 2.50. The van der Waals surface area contributed by atoms with E-state index in [2.05, 4.69) is 5.32 Å². The minimum Gasteiger partial charge on any atom is -0.397 e. The van der Waals surface area contributed by atoms with Crippen LogP contribution in [0.4, 0.5) is 11.4 Å². The van der Waals surface area contributed by atoms with Crippen molar-refractivity contribution in [3.05, 3.63) is 35.5 Å². The van der Waals surface area contributed by atoms with Crippen molar-refractivity contribution < 1.29 is 9.53 Å². The summed E-state index contributed by atoms with van der Waals surface area (Å²) in [5, 5.41) is 12.1. The number of anilines is 2. The Bertz CT molecular complexity index is 598. The van der Waals surface area contributed by atoms with Crippen molar-refractivity contribution in [1.82, 2.24) is 4.90 Å². The van der Waals surface area contributed by atoms with Crippen LogP contribution in [0.2, 0.25) is 0 Å². The fraction of sp³-hybridized carbons (Fsp3) is 0.333. The molecule has 0 spiro atoms. The van der Waals surface area contributed by atoms with Crippen LogP contribution in [0.3, 0.4) is 0 Å². The summed E-state index contributed by atoms with van der Waals surface area (Å²) in [7, 11) is 0. The molecule has 0 saturated carbocycles. The van der Waals surface area contributed by atoms with E-state index in [1.165, 1.54) is 6.20 Å². The monoisotopic (exact) mass is 286 g/mol. The van der Waals surface area contributed by atoms with Gasteiger partial charge in [-0.1, -0.05) is 6.07 Å². The molecule has 1 fully saturated rings. The topological polar surface area (TPSA) is 91.4 Å². The summed E-state index contributed by atoms with van der Waals surface area (Å²) in [6.07, 6.45) is 1.40. The van der Waals surface area contributed by atoms with Crippen molar-refractivity contribution in [1.29, 1.82) is 5.26 Å². The Morgan fingerprint density at radius 3 is 2.81 bits per heavy atom. The maximum absolute atomic E-state index is 12.2. The summed E-state index contributed by atoms with van der Waals surface area (Å²) in [5.74, 6) is -0.293. The van der Waals surface area contributed by atoms with E-state index in [4.69, 9.17) is 15.7 Å². The molecule has 0 aromatic heterocycles. The predicted molar refractivity (Wildman–Crippen MR) is 80.3 cm³/mol. The Hall–Kier alpha value is -2.52. The lowest BCUT2D eigenvalue weighted by molar-refractivity contribution is -0.130. The second-order valence-electron chi connectivity index (χ2n) is 4.81. The molecule has 1 aliphatic rings. The Morgan fingerprint density at radius 1 is 1.48 bits per heavy atom. The zero-order valence-electron chi connectivity index (χ0n) is 11.9. The maximum Gasteiger partial charge on any atom is 0.266 e. The molecule has 0 unspecified atom stereocenters. The van der Waals surface area contributed by atoms with Gasteiger partial charge in [-0.2, -0.15) is 5.26 Å². The highest BCUT2D eigenvalue weighted by Gasteiger charge is 2.20. The first-order chi connectivity index (χ1) is 10.1. The molecular formula is C15H18N4O2. The Balaban J connectivity index is 2.09. The molecule has 1 heterocycles. The molecule has 1 amide bonds. The van der Waals surface area contributed by atoms with Gasteiger partial charge >= 0.3 is 0 Å². The van der Waals surface area contributed by atoms with Crippen LogP contribution in [0.25, 0.3) is 0 Å². The molecule has 0 radical (unpaired) electrons. The third-order valence-corrected chi connectivity index (χ3v) is 3.23. The number of hydrogen-bond acceptors (Lipinski definition) is 5. The van der Waals surface area contributed by atoms with E-state index in [-0.39, 0.29) is 11.5 Å².